The standard InChI is InChI=1S/C13H11N3O3/c1-8-2-9(5-14-4-8)12(17)16-11-3-10(13(18)19)6-15-7-11/h2-7H,1H3,(H,16,17)(H,18,19). The summed E-state index contributed by atoms with van der Waals surface area (Å²) in [5, 5.41) is 11.4. The number of carbonyl (C=O) groups excluding carboxylic acids is 1. The van der Waals surface area contributed by atoms with E-state index in [2.05, 4.69) is 15.3 Å². The highest BCUT2D eigenvalue weighted by Gasteiger charge is 2.09. The number of nitrogens with one attached hydrogen (secondary N) is 1. The van der Waals surface area contributed by atoms with Crippen molar-refractivity contribution in [2.24, 2.45) is 0 Å². The first kappa shape index (κ1) is 12.7. The molecule has 0 saturated carbocycles. The van der Waals surface area contributed by atoms with Gasteiger partial charge in [0.15, 0.2) is 0 Å². The highest BCUT2D eigenvalue weighted by atomic mass is 16.4. The summed E-state index contributed by atoms with van der Waals surface area (Å²) in [6.07, 6.45) is 5.68. The first-order chi connectivity index (χ1) is 9.06. The summed E-state index contributed by atoms with van der Waals surface area (Å²) in [6, 6.07) is 3.03. The van der Waals surface area contributed by atoms with E-state index in [-0.39, 0.29) is 11.5 Å². The van der Waals surface area contributed by atoms with Gasteiger partial charge in [-0.3, -0.25) is 14.8 Å². The number of carboxylic acid groups (broad SMARTS) is 1. The molecule has 0 spiro atoms. The Labute approximate surface area is 109 Å². The lowest BCUT2D eigenvalue weighted by Gasteiger charge is -2.05. The van der Waals surface area contributed by atoms with Crippen molar-refractivity contribution in [3.8, 4) is 0 Å². The van der Waals surface area contributed by atoms with Gasteiger partial charge in [-0.15, -0.1) is 0 Å². The summed E-state index contributed by atoms with van der Waals surface area (Å²) in [5.41, 5.74) is 1.61. The number of amides is 1. The molecule has 0 radical (unpaired) electrons. The van der Waals surface area contributed by atoms with Gasteiger partial charge in [0.05, 0.1) is 23.0 Å². The van der Waals surface area contributed by atoms with Gasteiger partial charge in [0, 0.05) is 18.6 Å². The van der Waals surface area contributed by atoms with E-state index in [0.29, 0.717) is 11.3 Å². The largest absolute Gasteiger partial charge is 0.478 e. The molecule has 19 heavy (non-hydrogen) atoms. The third-order valence-corrected chi connectivity index (χ3v) is 2.38. The molecule has 2 rings (SSSR count). The van der Waals surface area contributed by atoms with E-state index in [4.69, 9.17) is 5.11 Å². The number of rotatable bonds is 3. The molecule has 1 amide bonds. The summed E-state index contributed by atoms with van der Waals surface area (Å²) in [5.74, 6) is -1.46. The van der Waals surface area contributed by atoms with Crippen LogP contribution in [0.2, 0.25) is 0 Å². The van der Waals surface area contributed by atoms with Crippen LogP contribution in [0.3, 0.4) is 0 Å². The Bertz CT molecular complexity index is 641. The number of carbonyl (C=O) groups is 2. The average molecular weight is 257 g/mol. The third kappa shape index (κ3) is 3.12. The van der Waals surface area contributed by atoms with Crippen LogP contribution in [0.5, 0.6) is 0 Å². The fourth-order valence-corrected chi connectivity index (χ4v) is 1.51. The number of pyridine rings is 2. The number of aromatic carboxylic acids is 1. The van der Waals surface area contributed by atoms with Crippen molar-refractivity contribution < 1.29 is 14.7 Å². The molecule has 0 aliphatic carbocycles. The zero-order valence-electron chi connectivity index (χ0n) is 10.1. The second-order valence-electron chi connectivity index (χ2n) is 3.97. The minimum absolute atomic E-state index is 0.0140. The molecule has 2 N–H and O–H groups in total. The number of nitrogens with zero attached hydrogens (tertiary/aromatic N) is 2. The normalized spacial score (nSPS) is 9.95. The van der Waals surface area contributed by atoms with Crippen LogP contribution in [0.15, 0.2) is 36.9 Å². The number of hydrogen-bond acceptors (Lipinski definition) is 4. The quantitative estimate of drug-likeness (QED) is 0.873. The van der Waals surface area contributed by atoms with Crippen LogP contribution in [0.4, 0.5) is 5.69 Å². The molecule has 0 aliphatic heterocycles. The Kier molecular flexibility index (Phi) is 3.51. The van der Waals surface area contributed by atoms with E-state index >= 15 is 0 Å². The van der Waals surface area contributed by atoms with E-state index in [9.17, 15) is 9.59 Å². The molecule has 0 aromatic carbocycles. The summed E-state index contributed by atoms with van der Waals surface area (Å²) in [7, 11) is 0. The zero-order chi connectivity index (χ0) is 13.8. The lowest BCUT2D eigenvalue weighted by atomic mass is 10.2. The lowest BCUT2D eigenvalue weighted by molar-refractivity contribution is 0.0696. The molecule has 2 aromatic rings. The number of carboxylic acids is 1. The maximum Gasteiger partial charge on any atom is 0.337 e. The monoisotopic (exact) mass is 257 g/mol. The molecule has 2 aromatic heterocycles. The Balaban J connectivity index is 2.19. The van der Waals surface area contributed by atoms with Crippen LogP contribution < -0.4 is 5.32 Å². The Morgan fingerprint density at radius 1 is 1.05 bits per heavy atom. The minimum Gasteiger partial charge on any atom is -0.478 e. The molecule has 0 unspecified atom stereocenters. The van der Waals surface area contributed by atoms with Crippen molar-refractivity contribution in [1.82, 2.24) is 9.97 Å². The predicted molar refractivity (Wildman–Crippen MR) is 68.1 cm³/mol. The maximum absolute atomic E-state index is 11.9. The van der Waals surface area contributed by atoms with E-state index in [0.717, 1.165) is 5.56 Å². The van der Waals surface area contributed by atoms with Gasteiger partial charge < -0.3 is 10.4 Å². The van der Waals surface area contributed by atoms with Gasteiger partial charge in [-0.2, -0.15) is 0 Å². The van der Waals surface area contributed by atoms with E-state index in [1.807, 2.05) is 6.92 Å². The van der Waals surface area contributed by atoms with Crippen LogP contribution >= 0.6 is 0 Å². The number of hydrogen-bond donors (Lipinski definition) is 2. The lowest BCUT2D eigenvalue weighted by Crippen LogP contribution is -2.13. The first-order valence-electron chi connectivity index (χ1n) is 5.47. The van der Waals surface area contributed by atoms with E-state index in [1.165, 1.54) is 24.7 Å². The Hall–Kier alpha value is -2.76. The van der Waals surface area contributed by atoms with Gasteiger partial charge in [-0.05, 0) is 24.6 Å². The molecule has 96 valence electrons. The van der Waals surface area contributed by atoms with Gasteiger partial charge in [0.2, 0.25) is 0 Å². The number of aryl methyl sites for hydroxylation is 1. The molecule has 6 heteroatoms. The molecule has 0 fully saturated rings. The van der Waals surface area contributed by atoms with E-state index < -0.39 is 5.97 Å². The minimum atomic E-state index is -1.10. The molecule has 0 aliphatic rings. The van der Waals surface area contributed by atoms with Crippen molar-refractivity contribution in [2.45, 2.75) is 6.92 Å². The van der Waals surface area contributed by atoms with Gasteiger partial charge in [0.25, 0.3) is 5.91 Å². The highest BCUT2D eigenvalue weighted by molar-refractivity contribution is 6.04. The van der Waals surface area contributed by atoms with Crippen LogP contribution in [0.25, 0.3) is 0 Å². The second-order valence-corrected chi connectivity index (χ2v) is 3.97. The van der Waals surface area contributed by atoms with Gasteiger partial charge in [-0.25, -0.2) is 4.79 Å². The van der Waals surface area contributed by atoms with E-state index in [1.54, 1.807) is 12.3 Å². The Morgan fingerprint density at radius 2 is 1.74 bits per heavy atom. The van der Waals surface area contributed by atoms with Crippen LogP contribution in [-0.4, -0.2) is 27.0 Å². The molecule has 0 saturated heterocycles. The zero-order valence-corrected chi connectivity index (χ0v) is 10.1. The SMILES string of the molecule is Cc1cncc(C(=O)Nc2cncc(C(=O)O)c2)c1. The summed E-state index contributed by atoms with van der Waals surface area (Å²) < 4.78 is 0. The smallest absolute Gasteiger partial charge is 0.337 e. The fourth-order valence-electron chi connectivity index (χ4n) is 1.51. The second kappa shape index (κ2) is 5.26. The fraction of sp³-hybridized carbons (Fsp3) is 0.0769. The van der Waals surface area contributed by atoms with Crippen molar-refractivity contribution in [3.63, 3.8) is 0 Å². The summed E-state index contributed by atoms with van der Waals surface area (Å²) in [6.45, 7) is 1.83. The molecular weight excluding hydrogens is 246 g/mol. The van der Waals surface area contributed by atoms with Crippen molar-refractivity contribution >= 4 is 17.6 Å². The predicted octanol–water partition coefficient (Wildman–Crippen LogP) is 1.74. The molecule has 0 atom stereocenters. The summed E-state index contributed by atoms with van der Waals surface area (Å²) in [4.78, 5) is 30.4. The van der Waals surface area contributed by atoms with Gasteiger partial charge in [0.1, 0.15) is 0 Å². The van der Waals surface area contributed by atoms with Crippen LogP contribution in [-0.2, 0) is 0 Å². The van der Waals surface area contributed by atoms with Crippen molar-refractivity contribution in [2.75, 3.05) is 5.32 Å². The van der Waals surface area contributed by atoms with Gasteiger partial charge in [-0.1, -0.05) is 0 Å². The average Bonchev–Trinajstić information content (AvgIpc) is 2.39. The molecule has 6 nitrogen and oxygen atoms in total. The van der Waals surface area contributed by atoms with Crippen molar-refractivity contribution in [1.29, 1.82) is 0 Å². The van der Waals surface area contributed by atoms with Crippen LogP contribution in [0.1, 0.15) is 26.3 Å². The number of anilines is 1. The topological polar surface area (TPSA) is 92.2 Å². The summed E-state index contributed by atoms with van der Waals surface area (Å²) >= 11 is 0. The molecule has 0 bridgehead atoms. The molecular formula is C13H11N3O3. The third-order valence-electron chi connectivity index (χ3n) is 2.38. The molecule has 2 heterocycles. The highest BCUT2D eigenvalue weighted by Crippen LogP contribution is 2.11. The first-order valence-corrected chi connectivity index (χ1v) is 5.47. The maximum atomic E-state index is 11.9. The number of aromatic nitrogens is 2. The van der Waals surface area contributed by atoms with Crippen molar-refractivity contribution in [3.05, 3.63) is 53.6 Å². The van der Waals surface area contributed by atoms with Crippen LogP contribution in [0, 0.1) is 6.92 Å². The van der Waals surface area contributed by atoms with Gasteiger partial charge >= 0.3 is 5.97 Å². The Morgan fingerprint density at radius 3 is 2.42 bits per heavy atom.